The average molecular weight is 462 g/mol. The first-order valence-electron chi connectivity index (χ1n) is 12.9. The van der Waals surface area contributed by atoms with Crippen molar-refractivity contribution < 1.29 is 4.48 Å². The van der Waals surface area contributed by atoms with Gasteiger partial charge in [0.2, 0.25) is 0 Å². The minimum Gasteiger partial charge on any atom is -0.369 e. The Morgan fingerprint density at radius 1 is 0.857 bits per heavy atom. The van der Waals surface area contributed by atoms with Crippen LogP contribution >= 0.6 is 0 Å². The second kappa shape index (κ2) is 9.07. The van der Waals surface area contributed by atoms with E-state index in [-0.39, 0.29) is 6.98 Å². The van der Waals surface area contributed by atoms with Gasteiger partial charge in [-0.3, -0.25) is 4.48 Å². The lowest BCUT2D eigenvalue weighted by molar-refractivity contribution is -0.524. The molecule has 35 heavy (non-hydrogen) atoms. The van der Waals surface area contributed by atoms with Crippen LogP contribution in [0.2, 0.25) is 0 Å². The third-order valence-electron chi connectivity index (χ3n) is 7.34. The van der Waals surface area contributed by atoms with Crippen LogP contribution in [0.4, 0.5) is 5.69 Å². The summed E-state index contributed by atoms with van der Waals surface area (Å²) in [6, 6.07) is 22.4. The van der Waals surface area contributed by atoms with Crippen molar-refractivity contribution in [2.75, 3.05) is 11.4 Å². The van der Waals surface area contributed by atoms with Gasteiger partial charge in [0.05, 0.1) is 12.6 Å². The van der Waals surface area contributed by atoms with E-state index in [0.29, 0.717) is 11.8 Å². The molecule has 1 aliphatic heterocycles. The fourth-order valence-electron chi connectivity index (χ4n) is 5.80. The van der Waals surface area contributed by atoms with Crippen molar-refractivity contribution >= 4 is 18.1 Å². The number of hydrogen-bond acceptors (Lipinski definition) is 1. The van der Waals surface area contributed by atoms with E-state index < -0.39 is 0 Å². The number of nitrogens with zero attached hydrogens (tertiary/aromatic N) is 3. The van der Waals surface area contributed by atoms with E-state index in [4.69, 9.17) is 0 Å². The fraction of sp³-hybridized carbons (Fsp3) is 0.323. The first-order valence-corrected chi connectivity index (χ1v) is 12.9. The number of rotatable bonds is 5. The molecular weight excluding hydrogens is 425 g/mol. The van der Waals surface area contributed by atoms with Gasteiger partial charge in [-0.2, -0.15) is 0 Å². The lowest BCUT2D eigenvalue weighted by Gasteiger charge is -2.37. The predicted molar refractivity (Wildman–Crippen MR) is 149 cm³/mol. The van der Waals surface area contributed by atoms with Crippen LogP contribution < -0.4 is 14.8 Å². The van der Waals surface area contributed by atoms with Crippen molar-refractivity contribution in [3.8, 4) is 22.5 Å². The largest absolute Gasteiger partial charge is 0.537 e. The van der Waals surface area contributed by atoms with Crippen molar-refractivity contribution in [1.29, 1.82) is 0 Å². The minimum absolute atomic E-state index is 0.116. The van der Waals surface area contributed by atoms with Gasteiger partial charge in [0.25, 0.3) is 5.82 Å². The van der Waals surface area contributed by atoms with Gasteiger partial charge in [-0.1, -0.05) is 82.3 Å². The molecule has 0 amide bonds. The number of hydrogen-bond donors (Lipinski definition) is 0. The first-order chi connectivity index (χ1) is 16.8. The van der Waals surface area contributed by atoms with E-state index in [2.05, 4.69) is 136 Å². The molecule has 0 unspecified atom stereocenters. The number of anilines is 1. The maximum absolute atomic E-state index is 2.65. The average Bonchev–Trinajstić information content (AvgIpc) is 3.20. The summed E-state index contributed by atoms with van der Waals surface area (Å²) in [5.41, 5.74) is 10.8. The third kappa shape index (κ3) is 3.99. The molecule has 4 heteroatoms. The van der Waals surface area contributed by atoms with Gasteiger partial charge in [-0.05, 0) is 59.6 Å². The zero-order valence-electron chi connectivity index (χ0n) is 22.2. The lowest BCUT2D eigenvalue weighted by atomic mass is 9.58. The number of aromatic nitrogens is 2. The minimum atomic E-state index is 0.116. The summed E-state index contributed by atoms with van der Waals surface area (Å²) in [4.78, 5) is 2.65. The lowest BCUT2D eigenvalue weighted by Crippen LogP contribution is -2.72. The van der Waals surface area contributed by atoms with E-state index in [1.54, 1.807) is 0 Å². The molecular formula is C31H37BN3+. The summed E-state index contributed by atoms with van der Waals surface area (Å²) in [5, 5.41) is 0. The number of imidazole rings is 1. The molecule has 0 radical (unpaired) electrons. The van der Waals surface area contributed by atoms with Gasteiger partial charge in [-0.15, -0.1) is 0 Å². The molecule has 1 aliphatic rings. The highest BCUT2D eigenvalue weighted by Gasteiger charge is 2.46. The normalized spacial score (nSPS) is 12.9. The smallest absolute Gasteiger partial charge is 0.369 e. The molecule has 3 aromatic carbocycles. The topological polar surface area (TPSA) is 12.1 Å². The highest BCUT2D eigenvalue weighted by molar-refractivity contribution is 6.71. The predicted octanol–water partition coefficient (Wildman–Crippen LogP) is 6.11. The Labute approximate surface area is 211 Å². The molecule has 0 N–H and O–H groups in total. The number of aryl methyl sites for hydroxylation is 3. The number of benzene rings is 3. The molecule has 0 saturated carbocycles. The molecule has 5 rings (SSSR count). The summed E-state index contributed by atoms with van der Waals surface area (Å²) >= 11 is 0. The van der Waals surface area contributed by atoms with Crippen LogP contribution in [-0.4, -0.2) is 18.1 Å². The molecule has 0 atom stereocenters. The van der Waals surface area contributed by atoms with Gasteiger partial charge in [0.1, 0.15) is 12.4 Å². The fourth-order valence-corrected chi connectivity index (χ4v) is 5.80. The van der Waals surface area contributed by atoms with Gasteiger partial charge in [0.15, 0.2) is 0 Å². The quantitative estimate of drug-likeness (QED) is 0.326. The Hall–Kier alpha value is -3.27. The second-order valence-corrected chi connectivity index (χ2v) is 10.8. The molecule has 0 bridgehead atoms. The van der Waals surface area contributed by atoms with Crippen LogP contribution in [0.3, 0.4) is 0 Å². The summed E-state index contributed by atoms with van der Waals surface area (Å²) in [5.74, 6) is 2.24. The zero-order chi connectivity index (χ0) is 24.9. The molecule has 0 spiro atoms. The molecule has 1 aromatic heterocycles. The Balaban J connectivity index is 1.79. The summed E-state index contributed by atoms with van der Waals surface area (Å²) in [6.07, 6.45) is 4.48. The molecule has 0 fully saturated rings. The maximum Gasteiger partial charge on any atom is 0.537 e. The Morgan fingerprint density at radius 2 is 1.60 bits per heavy atom. The molecule has 0 saturated heterocycles. The Bertz CT molecular complexity index is 1370. The highest BCUT2D eigenvalue weighted by Crippen LogP contribution is 2.37. The number of fused-ring (bicyclic) bond motifs is 3. The van der Waals surface area contributed by atoms with Crippen LogP contribution in [0.5, 0.6) is 0 Å². The maximum atomic E-state index is 2.65. The summed E-state index contributed by atoms with van der Waals surface area (Å²) in [6.45, 7) is 15.0. The van der Waals surface area contributed by atoms with Crippen LogP contribution in [0.15, 0.2) is 73.1 Å². The first kappa shape index (κ1) is 23.5. The molecule has 0 aliphatic carbocycles. The van der Waals surface area contributed by atoms with Crippen molar-refractivity contribution in [2.24, 2.45) is 13.0 Å². The monoisotopic (exact) mass is 462 g/mol. The summed E-state index contributed by atoms with van der Waals surface area (Å²) in [7, 11) is 2.17. The van der Waals surface area contributed by atoms with E-state index in [1.807, 2.05) is 0 Å². The molecule has 178 valence electrons. The van der Waals surface area contributed by atoms with E-state index >= 15 is 0 Å². The SMILES string of the molecule is Cc1cc(-c2ccccc2)cc(C(C)C)c1B1N(CC(C)C)c2cccc(C)c2-c2n(C)cc[n+]21. The van der Waals surface area contributed by atoms with E-state index in [1.165, 1.54) is 50.4 Å². The molecule has 4 aromatic rings. The standard InChI is InChI=1S/C31H37BN3/c1-21(2)20-35-28-15-11-12-23(5)29(28)31-33(7)16-17-34(31)32(35)30-24(6)18-26(19-27(30)22(3)4)25-13-9-8-10-14-25/h8-19,21-22H,20H2,1-7H3/q+1. The van der Waals surface area contributed by atoms with Crippen molar-refractivity contribution in [1.82, 2.24) is 4.57 Å². The van der Waals surface area contributed by atoms with Crippen LogP contribution in [0.1, 0.15) is 50.3 Å². The summed E-state index contributed by atoms with van der Waals surface area (Å²) < 4.78 is 4.79. The third-order valence-corrected chi connectivity index (χ3v) is 7.34. The Morgan fingerprint density at radius 3 is 2.29 bits per heavy atom. The molecule has 2 heterocycles. The van der Waals surface area contributed by atoms with Crippen molar-refractivity contribution in [3.05, 3.63) is 89.7 Å². The Kier molecular flexibility index (Phi) is 6.08. The van der Waals surface area contributed by atoms with Crippen molar-refractivity contribution in [3.63, 3.8) is 0 Å². The van der Waals surface area contributed by atoms with Crippen LogP contribution in [0, 0.1) is 19.8 Å². The van der Waals surface area contributed by atoms with Gasteiger partial charge < -0.3 is 4.81 Å². The van der Waals surface area contributed by atoms with Crippen molar-refractivity contribution in [2.45, 2.75) is 47.5 Å². The second-order valence-electron chi connectivity index (χ2n) is 10.8. The molecule has 3 nitrogen and oxygen atoms in total. The zero-order valence-corrected chi connectivity index (χ0v) is 22.2. The van der Waals surface area contributed by atoms with Gasteiger partial charge in [-0.25, -0.2) is 4.57 Å². The highest BCUT2D eigenvalue weighted by atomic mass is 15.2. The van der Waals surface area contributed by atoms with E-state index in [0.717, 1.165) is 6.54 Å². The van der Waals surface area contributed by atoms with Gasteiger partial charge in [0, 0.05) is 17.7 Å². The van der Waals surface area contributed by atoms with Crippen LogP contribution in [0.25, 0.3) is 22.5 Å². The van der Waals surface area contributed by atoms with Gasteiger partial charge >= 0.3 is 6.98 Å². The van der Waals surface area contributed by atoms with Crippen LogP contribution in [-0.2, 0) is 7.05 Å². The van der Waals surface area contributed by atoms with E-state index in [9.17, 15) is 0 Å².